The van der Waals surface area contributed by atoms with Gasteiger partial charge < -0.3 is 34.3 Å². The number of carbonyl (C=O) groups is 2. The summed E-state index contributed by atoms with van der Waals surface area (Å²) < 4.78 is 66.3. The quantitative estimate of drug-likeness (QED) is 0.0894. The lowest BCUT2D eigenvalue weighted by molar-refractivity contribution is -0.137. The lowest BCUT2D eigenvalue weighted by atomic mass is 9.98. The first kappa shape index (κ1) is 35.4. The summed E-state index contributed by atoms with van der Waals surface area (Å²) in [7, 11) is 0. The molecule has 0 aromatic heterocycles. The molecule has 0 unspecified atom stereocenters. The van der Waals surface area contributed by atoms with E-state index in [-0.39, 0.29) is 43.6 Å². The van der Waals surface area contributed by atoms with Crippen LogP contribution in [0, 0.1) is 0 Å². The minimum Gasteiger partial charge on any atom is -0.460 e. The Kier molecular flexibility index (Phi) is 12.6. The Labute approximate surface area is 282 Å². The number of hydrogen-bond acceptors (Lipinski definition) is 8. The van der Waals surface area contributed by atoms with Gasteiger partial charge in [-0.25, -0.2) is 9.59 Å². The van der Waals surface area contributed by atoms with E-state index in [1.165, 1.54) is 29.3 Å². The maximum absolute atomic E-state index is 13.1. The molecule has 2 N–H and O–H groups in total. The minimum atomic E-state index is -4.48. The van der Waals surface area contributed by atoms with E-state index in [9.17, 15) is 22.8 Å². The molecular formula is C37H37F3N2O7. The zero-order valence-electron chi connectivity index (χ0n) is 26.7. The standard InChI is InChI=1S/C37H37F3N2O7/c38-37(39,40)26-8-7-9-27(24-26)42-34-15-6-5-14-32(34)35(43)48-23-22-47-21-20-46-19-18-45-17-16-41-36(44)49-25-33-30-12-3-1-10-28(30)29-11-2-4-13-31(29)33/h1-15,24,33,42H,16-23,25H2,(H,41,44). The van der Waals surface area contributed by atoms with Crippen molar-refractivity contribution < 1.29 is 46.4 Å². The number of carbonyl (C=O) groups excluding carboxylic acids is 2. The second-order valence-electron chi connectivity index (χ2n) is 11.0. The van der Waals surface area contributed by atoms with E-state index < -0.39 is 23.8 Å². The first-order chi connectivity index (χ1) is 23.8. The second-order valence-corrected chi connectivity index (χ2v) is 11.0. The molecule has 4 aromatic rings. The van der Waals surface area contributed by atoms with Gasteiger partial charge in [0.1, 0.15) is 13.2 Å². The Bertz CT molecular complexity index is 1650. The molecule has 9 nitrogen and oxygen atoms in total. The first-order valence-corrected chi connectivity index (χ1v) is 15.8. The predicted molar refractivity (Wildman–Crippen MR) is 177 cm³/mol. The number of nitrogens with one attached hydrogen (secondary N) is 2. The van der Waals surface area contributed by atoms with Gasteiger partial charge in [-0.15, -0.1) is 0 Å². The molecule has 0 radical (unpaired) electrons. The predicted octanol–water partition coefficient (Wildman–Crippen LogP) is 7.19. The molecule has 1 aliphatic carbocycles. The fourth-order valence-electron chi connectivity index (χ4n) is 5.39. The summed E-state index contributed by atoms with van der Waals surface area (Å²) in [6.45, 7) is 2.20. The number of benzene rings is 4. The molecule has 0 fully saturated rings. The van der Waals surface area contributed by atoms with Crippen LogP contribution in [0.2, 0.25) is 0 Å². The Morgan fingerprint density at radius 3 is 1.92 bits per heavy atom. The van der Waals surface area contributed by atoms with Crippen molar-refractivity contribution in [1.82, 2.24) is 5.32 Å². The number of alkyl halides is 3. The van der Waals surface area contributed by atoms with Gasteiger partial charge in [0.25, 0.3) is 0 Å². The second kappa shape index (κ2) is 17.5. The van der Waals surface area contributed by atoms with Crippen LogP contribution in [-0.4, -0.2) is 71.5 Å². The molecule has 0 bridgehead atoms. The Balaban J connectivity index is 0.877. The third-order valence-corrected chi connectivity index (χ3v) is 7.68. The van der Waals surface area contributed by atoms with E-state index in [0.29, 0.717) is 38.7 Å². The average Bonchev–Trinajstić information content (AvgIpc) is 3.42. The number of amides is 1. The molecule has 5 rings (SSSR count). The van der Waals surface area contributed by atoms with Gasteiger partial charge in [0.15, 0.2) is 0 Å². The van der Waals surface area contributed by atoms with E-state index in [1.807, 2.05) is 24.3 Å². The van der Waals surface area contributed by atoms with Crippen LogP contribution in [0.5, 0.6) is 0 Å². The van der Waals surface area contributed by atoms with Gasteiger partial charge in [-0.05, 0) is 52.6 Å². The van der Waals surface area contributed by atoms with E-state index in [0.717, 1.165) is 23.3 Å². The van der Waals surface area contributed by atoms with Crippen molar-refractivity contribution in [2.45, 2.75) is 12.1 Å². The average molecular weight is 679 g/mol. The fraction of sp³-hybridized carbons (Fsp3) is 0.297. The molecule has 0 aliphatic heterocycles. The maximum Gasteiger partial charge on any atom is 0.416 e. The molecule has 0 spiro atoms. The van der Waals surface area contributed by atoms with Gasteiger partial charge in [-0.3, -0.25) is 0 Å². The van der Waals surface area contributed by atoms with Crippen molar-refractivity contribution in [3.05, 3.63) is 119 Å². The van der Waals surface area contributed by atoms with Crippen LogP contribution in [-0.2, 0) is 29.9 Å². The SMILES string of the molecule is O=C(NCCOCCOCCOCCOC(=O)c1ccccc1Nc1cccc(C(F)(F)F)c1)OCC1c2ccccc2-c2ccccc21. The van der Waals surface area contributed by atoms with Crippen LogP contribution in [0.1, 0.15) is 33.0 Å². The van der Waals surface area contributed by atoms with Gasteiger partial charge in [0, 0.05) is 18.2 Å². The normalized spacial score (nSPS) is 12.2. The summed E-state index contributed by atoms with van der Waals surface area (Å²) in [5.41, 5.74) is 4.53. The zero-order valence-corrected chi connectivity index (χ0v) is 26.7. The number of para-hydroxylation sites is 1. The van der Waals surface area contributed by atoms with Crippen LogP contribution >= 0.6 is 0 Å². The summed E-state index contributed by atoms with van der Waals surface area (Å²) in [6, 6.07) is 27.4. The number of fused-ring (bicyclic) bond motifs is 3. The topological polar surface area (TPSA) is 104 Å². The van der Waals surface area contributed by atoms with Gasteiger partial charge in [0.2, 0.25) is 0 Å². The molecule has 12 heteroatoms. The molecule has 0 saturated carbocycles. The maximum atomic E-state index is 13.1. The Hall–Kier alpha value is -4.91. The number of esters is 1. The highest BCUT2D eigenvalue weighted by Gasteiger charge is 2.31. The van der Waals surface area contributed by atoms with Gasteiger partial charge in [-0.1, -0.05) is 66.7 Å². The molecular weight excluding hydrogens is 641 g/mol. The number of anilines is 2. The van der Waals surface area contributed by atoms with Crippen LogP contribution in [0.25, 0.3) is 11.1 Å². The molecule has 4 aromatic carbocycles. The fourth-order valence-corrected chi connectivity index (χ4v) is 5.39. The van der Waals surface area contributed by atoms with Gasteiger partial charge in [0.05, 0.1) is 56.5 Å². The van der Waals surface area contributed by atoms with Crippen molar-refractivity contribution in [3.8, 4) is 11.1 Å². The van der Waals surface area contributed by atoms with Crippen molar-refractivity contribution in [3.63, 3.8) is 0 Å². The van der Waals surface area contributed by atoms with Crippen LogP contribution in [0.3, 0.4) is 0 Å². The number of alkyl carbamates (subject to hydrolysis) is 1. The molecule has 1 aliphatic rings. The molecule has 1 amide bonds. The molecule has 0 heterocycles. The molecule has 0 saturated heterocycles. The van der Waals surface area contributed by atoms with Gasteiger partial charge in [-0.2, -0.15) is 13.2 Å². The Morgan fingerprint density at radius 1 is 0.653 bits per heavy atom. The number of rotatable bonds is 17. The van der Waals surface area contributed by atoms with Gasteiger partial charge >= 0.3 is 18.2 Å². The number of ether oxygens (including phenoxy) is 5. The van der Waals surface area contributed by atoms with Crippen LogP contribution < -0.4 is 10.6 Å². The zero-order chi connectivity index (χ0) is 34.5. The smallest absolute Gasteiger partial charge is 0.416 e. The van der Waals surface area contributed by atoms with Crippen molar-refractivity contribution in [2.24, 2.45) is 0 Å². The highest BCUT2D eigenvalue weighted by atomic mass is 19.4. The summed E-state index contributed by atoms with van der Waals surface area (Å²) in [5.74, 6) is -0.639. The van der Waals surface area contributed by atoms with Crippen molar-refractivity contribution in [1.29, 1.82) is 0 Å². The molecule has 0 atom stereocenters. The van der Waals surface area contributed by atoms with E-state index >= 15 is 0 Å². The van der Waals surface area contributed by atoms with Crippen molar-refractivity contribution >= 4 is 23.4 Å². The molecule has 258 valence electrons. The lowest BCUT2D eigenvalue weighted by Crippen LogP contribution is -2.29. The monoisotopic (exact) mass is 678 g/mol. The Morgan fingerprint density at radius 2 is 1.24 bits per heavy atom. The summed E-state index contributed by atoms with van der Waals surface area (Å²) in [4.78, 5) is 24.8. The van der Waals surface area contributed by atoms with E-state index in [2.05, 4.69) is 34.9 Å². The summed E-state index contributed by atoms with van der Waals surface area (Å²) >= 11 is 0. The van der Waals surface area contributed by atoms with Crippen LogP contribution in [0.4, 0.5) is 29.3 Å². The number of hydrogen-bond donors (Lipinski definition) is 2. The highest BCUT2D eigenvalue weighted by Crippen LogP contribution is 2.44. The van der Waals surface area contributed by atoms with E-state index in [1.54, 1.807) is 18.2 Å². The third-order valence-electron chi connectivity index (χ3n) is 7.68. The highest BCUT2D eigenvalue weighted by molar-refractivity contribution is 5.96. The van der Waals surface area contributed by atoms with Crippen LogP contribution in [0.15, 0.2) is 97.1 Å². The largest absolute Gasteiger partial charge is 0.460 e. The lowest BCUT2D eigenvalue weighted by Gasteiger charge is -2.14. The summed E-state index contributed by atoms with van der Waals surface area (Å²) in [5, 5.41) is 5.55. The molecule has 49 heavy (non-hydrogen) atoms. The van der Waals surface area contributed by atoms with E-state index in [4.69, 9.17) is 23.7 Å². The number of halogens is 3. The van der Waals surface area contributed by atoms with Crippen molar-refractivity contribution in [2.75, 3.05) is 64.7 Å². The third kappa shape index (κ3) is 10.0. The first-order valence-electron chi connectivity index (χ1n) is 15.8. The minimum absolute atomic E-state index is 0.000392. The summed E-state index contributed by atoms with van der Waals surface area (Å²) in [6.07, 6.45) is -4.98.